The van der Waals surface area contributed by atoms with Gasteiger partial charge in [0, 0.05) is 28.3 Å². The number of carbonyl (C=O) groups excluding carboxylic acids is 1. The molecule has 3 aromatic rings. The number of carbonyl (C=O) groups is 1. The number of para-hydroxylation sites is 1. The number of ketones is 1. The number of Topliss-reactive ketones (excluding diaryl/α,β-unsaturated/α-hetero) is 1. The van der Waals surface area contributed by atoms with E-state index in [9.17, 15) is 10.1 Å². The third-order valence-electron chi connectivity index (χ3n) is 8.42. The molecule has 0 saturated heterocycles. The van der Waals surface area contributed by atoms with Gasteiger partial charge in [-0.2, -0.15) is 5.26 Å². The van der Waals surface area contributed by atoms with Crippen molar-refractivity contribution in [2.24, 2.45) is 11.1 Å². The summed E-state index contributed by atoms with van der Waals surface area (Å²) in [7, 11) is 0. The van der Waals surface area contributed by atoms with Crippen LogP contribution in [0.2, 0.25) is 0 Å². The van der Waals surface area contributed by atoms with Gasteiger partial charge in [-0.05, 0) is 79.5 Å². The lowest BCUT2D eigenvalue weighted by atomic mass is 9.67. The number of aryl methyl sites for hydroxylation is 3. The molecule has 0 spiro atoms. The van der Waals surface area contributed by atoms with Gasteiger partial charge in [-0.15, -0.1) is 11.8 Å². The average Bonchev–Trinajstić information content (AvgIpc) is 2.93. The number of nitrogens with zero attached hydrogens (tertiary/aromatic N) is 2. The van der Waals surface area contributed by atoms with Gasteiger partial charge >= 0.3 is 0 Å². The van der Waals surface area contributed by atoms with Gasteiger partial charge in [0.25, 0.3) is 0 Å². The van der Waals surface area contributed by atoms with Crippen LogP contribution in [0.1, 0.15) is 72.9 Å². The number of thioether (sulfide) groups is 1. The van der Waals surface area contributed by atoms with E-state index < -0.39 is 5.92 Å². The SMILES string of the molecule is CCc1ccccc1N1C(N)=C(C#N)C(c2cc(C)cc(CSc3ccc(C)cc3)c2C)C2=C1CC(C)(C)CC2=O. The third kappa shape index (κ3) is 5.46. The standard InChI is InChI=1S/C36H39N3OS/c1-7-25-10-8-9-11-30(25)39-31-18-36(5,6)19-32(40)34(31)33(29(20-37)35(39)38)28-17-23(3)16-26(24(28)4)21-41-27-14-12-22(2)13-15-27/h8-17,33H,7,18-19,21,38H2,1-6H3. The number of benzene rings is 3. The highest BCUT2D eigenvalue weighted by Crippen LogP contribution is 2.51. The Kier molecular flexibility index (Phi) is 7.90. The Morgan fingerprint density at radius 2 is 1.71 bits per heavy atom. The van der Waals surface area contributed by atoms with Gasteiger partial charge in [0.15, 0.2) is 5.78 Å². The van der Waals surface area contributed by atoms with Crippen molar-refractivity contribution in [1.29, 1.82) is 5.26 Å². The fourth-order valence-corrected chi connectivity index (χ4v) is 7.28. The molecule has 1 atom stereocenters. The second-order valence-corrected chi connectivity index (χ2v) is 13.3. The first-order valence-electron chi connectivity index (χ1n) is 14.4. The average molecular weight is 562 g/mol. The minimum atomic E-state index is -0.480. The second-order valence-electron chi connectivity index (χ2n) is 12.2. The monoisotopic (exact) mass is 561 g/mol. The van der Waals surface area contributed by atoms with Crippen molar-refractivity contribution in [3.63, 3.8) is 0 Å². The zero-order valence-electron chi connectivity index (χ0n) is 25.0. The zero-order chi connectivity index (χ0) is 29.5. The highest BCUT2D eigenvalue weighted by atomic mass is 32.2. The van der Waals surface area contributed by atoms with Crippen molar-refractivity contribution in [2.45, 2.75) is 77.4 Å². The van der Waals surface area contributed by atoms with Crippen LogP contribution >= 0.6 is 11.8 Å². The molecule has 0 bridgehead atoms. The quantitative estimate of drug-likeness (QED) is 0.306. The Bertz CT molecular complexity index is 1620. The first-order valence-corrected chi connectivity index (χ1v) is 15.4. The topological polar surface area (TPSA) is 70.1 Å². The molecule has 41 heavy (non-hydrogen) atoms. The molecule has 210 valence electrons. The largest absolute Gasteiger partial charge is 0.384 e. The molecule has 1 aliphatic heterocycles. The summed E-state index contributed by atoms with van der Waals surface area (Å²) in [5.74, 6) is 0.864. The van der Waals surface area contributed by atoms with Gasteiger partial charge in [-0.25, -0.2) is 0 Å². The van der Waals surface area contributed by atoms with E-state index in [-0.39, 0.29) is 11.2 Å². The highest BCUT2D eigenvalue weighted by Gasteiger charge is 2.45. The van der Waals surface area contributed by atoms with E-state index in [1.165, 1.54) is 16.0 Å². The van der Waals surface area contributed by atoms with Crippen molar-refractivity contribution in [3.05, 3.63) is 117 Å². The Hall–Kier alpha value is -3.75. The molecule has 5 heteroatoms. The Labute approximate surface area is 249 Å². The molecule has 4 nitrogen and oxygen atoms in total. The first kappa shape index (κ1) is 28.8. The molecule has 2 aliphatic rings. The molecular weight excluding hydrogens is 522 g/mol. The van der Waals surface area contributed by atoms with Crippen LogP contribution in [-0.2, 0) is 17.0 Å². The van der Waals surface area contributed by atoms with Crippen LogP contribution in [0.3, 0.4) is 0 Å². The third-order valence-corrected chi connectivity index (χ3v) is 9.48. The van der Waals surface area contributed by atoms with E-state index in [4.69, 9.17) is 5.73 Å². The molecule has 0 amide bonds. The normalized spacial score (nSPS) is 18.4. The van der Waals surface area contributed by atoms with Crippen molar-refractivity contribution in [1.82, 2.24) is 0 Å². The molecule has 1 aliphatic carbocycles. The zero-order valence-corrected chi connectivity index (χ0v) is 25.8. The summed E-state index contributed by atoms with van der Waals surface area (Å²) >= 11 is 1.80. The highest BCUT2D eigenvalue weighted by molar-refractivity contribution is 7.98. The van der Waals surface area contributed by atoms with E-state index in [0.29, 0.717) is 24.2 Å². The maximum absolute atomic E-state index is 14.1. The van der Waals surface area contributed by atoms with Crippen molar-refractivity contribution < 1.29 is 4.79 Å². The summed E-state index contributed by atoms with van der Waals surface area (Å²) in [5, 5.41) is 10.6. The molecule has 1 unspecified atom stereocenters. The predicted octanol–water partition coefficient (Wildman–Crippen LogP) is 8.41. The lowest BCUT2D eigenvalue weighted by Crippen LogP contribution is -2.42. The van der Waals surface area contributed by atoms with Gasteiger partial charge in [-0.3, -0.25) is 9.69 Å². The fraction of sp³-hybridized carbons (Fsp3) is 0.333. The minimum Gasteiger partial charge on any atom is -0.384 e. The number of hydrogen-bond donors (Lipinski definition) is 1. The Morgan fingerprint density at radius 3 is 2.39 bits per heavy atom. The minimum absolute atomic E-state index is 0.108. The predicted molar refractivity (Wildman–Crippen MR) is 170 cm³/mol. The van der Waals surface area contributed by atoms with Crippen molar-refractivity contribution in [3.8, 4) is 6.07 Å². The smallest absolute Gasteiger partial charge is 0.162 e. The number of allylic oxidation sites excluding steroid dienone is 3. The summed E-state index contributed by atoms with van der Waals surface area (Å²) < 4.78 is 0. The summed E-state index contributed by atoms with van der Waals surface area (Å²) in [6, 6.07) is 23.6. The van der Waals surface area contributed by atoms with Gasteiger partial charge in [0.2, 0.25) is 0 Å². The van der Waals surface area contributed by atoms with Gasteiger partial charge < -0.3 is 5.73 Å². The molecule has 0 fully saturated rings. The van der Waals surface area contributed by atoms with Crippen LogP contribution in [-0.4, -0.2) is 5.78 Å². The summed E-state index contributed by atoms with van der Waals surface area (Å²) in [6.45, 7) is 12.7. The maximum Gasteiger partial charge on any atom is 0.162 e. The van der Waals surface area contributed by atoms with E-state index in [1.54, 1.807) is 11.8 Å². The summed E-state index contributed by atoms with van der Waals surface area (Å²) in [4.78, 5) is 17.3. The summed E-state index contributed by atoms with van der Waals surface area (Å²) in [6.07, 6.45) is 1.98. The van der Waals surface area contributed by atoms with Crippen LogP contribution in [0.4, 0.5) is 5.69 Å². The summed E-state index contributed by atoms with van der Waals surface area (Å²) in [5.41, 5.74) is 16.7. The first-order chi connectivity index (χ1) is 19.5. The molecular formula is C36H39N3OS. The Balaban J connectivity index is 1.68. The lowest BCUT2D eigenvalue weighted by molar-refractivity contribution is -0.118. The van der Waals surface area contributed by atoms with Gasteiger partial charge in [-0.1, -0.05) is 74.4 Å². The van der Waals surface area contributed by atoms with E-state index in [2.05, 4.69) is 96.1 Å². The number of anilines is 1. The number of nitrogens with two attached hydrogens (primary N) is 1. The molecule has 0 aromatic heterocycles. The number of hydrogen-bond acceptors (Lipinski definition) is 5. The molecule has 3 aromatic carbocycles. The van der Waals surface area contributed by atoms with Crippen LogP contribution in [0.25, 0.3) is 0 Å². The number of nitriles is 1. The van der Waals surface area contributed by atoms with E-state index in [0.717, 1.165) is 51.4 Å². The molecule has 0 radical (unpaired) electrons. The van der Waals surface area contributed by atoms with Crippen molar-refractivity contribution >= 4 is 23.2 Å². The van der Waals surface area contributed by atoms with E-state index in [1.807, 2.05) is 17.0 Å². The number of rotatable bonds is 6. The second kappa shape index (κ2) is 11.3. The molecule has 1 heterocycles. The molecule has 0 saturated carbocycles. The lowest BCUT2D eigenvalue weighted by Gasteiger charge is -2.44. The molecule has 2 N–H and O–H groups in total. The van der Waals surface area contributed by atoms with Gasteiger partial charge in [0.05, 0.1) is 23.2 Å². The van der Waals surface area contributed by atoms with Gasteiger partial charge in [0.1, 0.15) is 5.82 Å². The fourth-order valence-electron chi connectivity index (χ4n) is 6.33. The maximum atomic E-state index is 14.1. The van der Waals surface area contributed by atoms with E-state index >= 15 is 0 Å². The van der Waals surface area contributed by atoms with Crippen molar-refractivity contribution in [2.75, 3.05) is 4.90 Å². The van der Waals surface area contributed by atoms with Crippen LogP contribution in [0.15, 0.2) is 88.2 Å². The van der Waals surface area contributed by atoms with Crippen LogP contribution in [0.5, 0.6) is 0 Å². The Morgan fingerprint density at radius 1 is 1.00 bits per heavy atom. The molecule has 5 rings (SSSR count). The van der Waals surface area contributed by atoms with Crippen LogP contribution in [0, 0.1) is 37.5 Å². The van der Waals surface area contributed by atoms with Crippen LogP contribution < -0.4 is 10.6 Å².